The number of ether oxygens (including phenoxy) is 3. The van der Waals surface area contributed by atoms with Gasteiger partial charge in [0.2, 0.25) is 11.7 Å². The summed E-state index contributed by atoms with van der Waals surface area (Å²) in [6, 6.07) is 10.7. The van der Waals surface area contributed by atoms with Crippen LogP contribution in [0.3, 0.4) is 0 Å². The summed E-state index contributed by atoms with van der Waals surface area (Å²) in [5.41, 5.74) is 2.39. The molecule has 2 aromatic carbocycles. The first-order valence-corrected chi connectivity index (χ1v) is 12.2. The summed E-state index contributed by atoms with van der Waals surface area (Å²) < 4.78 is 16.5. The van der Waals surface area contributed by atoms with E-state index in [2.05, 4.69) is 10.2 Å². The Hall–Kier alpha value is -3.26. The molecule has 2 amide bonds. The Bertz CT molecular complexity index is 1030. The third-order valence-corrected chi connectivity index (χ3v) is 6.85. The molecule has 0 aromatic heterocycles. The van der Waals surface area contributed by atoms with E-state index in [1.807, 2.05) is 36.4 Å². The van der Waals surface area contributed by atoms with E-state index < -0.39 is 6.04 Å². The predicted octanol–water partition coefficient (Wildman–Crippen LogP) is 3.40. The molecule has 35 heavy (non-hydrogen) atoms. The van der Waals surface area contributed by atoms with Crippen LogP contribution in [-0.2, 0) is 11.3 Å². The molecule has 0 saturated carbocycles. The fourth-order valence-corrected chi connectivity index (χ4v) is 5.01. The topological polar surface area (TPSA) is 80.3 Å². The molecular formula is C27H35N3O5. The van der Waals surface area contributed by atoms with Gasteiger partial charge in [-0.15, -0.1) is 0 Å². The number of nitrogens with zero attached hydrogens (tertiary/aromatic N) is 2. The molecule has 0 aliphatic carbocycles. The lowest BCUT2D eigenvalue weighted by Crippen LogP contribution is -2.35. The van der Waals surface area contributed by atoms with Gasteiger partial charge in [-0.3, -0.25) is 9.59 Å². The van der Waals surface area contributed by atoms with Gasteiger partial charge in [0, 0.05) is 18.7 Å². The van der Waals surface area contributed by atoms with Crippen molar-refractivity contribution >= 4 is 11.8 Å². The zero-order valence-corrected chi connectivity index (χ0v) is 20.8. The molecule has 8 heteroatoms. The van der Waals surface area contributed by atoms with Crippen LogP contribution in [0.2, 0.25) is 0 Å². The zero-order chi connectivity index (χ0) is 24.8. The lowest BCUT2D eigenvalue weighted by atomic mass is 10.00. The van der Waals surface area contributed by atoms with Crippen LogP contribution in [0.5, 0.6) is 17.2 Å². The Morgan fingerprint density at radius 2 is 1.71 bits per heavy atom. The molecule has 2 heterocycles. The lowest BCUT2D eigenvalue weighted by Gasteiger charge is -2.29. The first-order chi connectivity index (χ1) is 17.0. The van der Waals surface area contributed by atoms with Crippen LogP contribution < -0.4 is 19.5 Å². The minimum absolute atomic E-state index is 0.0822. The van der Waals surface area contributed by atoms with E-state index in [-0.39, 0.29) is 18.2 Å². The molecule has 2 aliphatic rings. The van der Waals surface area contributed by atoms with Gasteiger partial charge in [-0.1, -0.05) is 18.2 Å². The summed E-state index contributed by atoms with van der Waals surface area (Å²) >= 11 is 0. The van der Waals surface area contributed by atoms with Crippen LogP contribution in [0.15, 0.2) is 36.4 Å². The molecule has 0 radical (unpaired) electrons. The van der Waals surface area contributed by atoms with Gasteiger partial charge in [0.05, 0.1) is 33.8 Å². The number of carbonyl (C=O) groups is 2. The SMILES string of the molecule is COc1cc([C@H](CC(=O)NCCCN2CCCC2)N2Cc3ccccc3C2=O)cc(OC)c1OC. The molecule has 0 bridgehead atoms. The van der Waals surface area contributed by atoms with Crippen molar-refractivity contribution in [3.05, 3.63) is 53.1 Å². The number of benzene rings is 2. The first-order valence-electron chi connectivity index (χ1n) is 12.2. The molecule has 1 fully saturated rings. The van der Waals surface area contributed by atoms with E-state index in [4.69, 9.17) is 14.2 Å². The summed E-state index contributed by atoms with van der Waals surface area (Å²) in [4.78, 5) is 30.6. The van der Waals surface area contributed by atoms with Crippen molar-refractivity contribution in [2.45, 2.75) is 38.3 Å². The van der Waals surface area contributed by atoms with Crippen LogP contribution in [0, 0.1) is 0 Å². The zero-order valence-electron chi connectivity index (χ0n) is 20.8. The maximum Gasteiger partial charge on any atom is 0.255 e. The molecular weight excluding hydrogens is 446 g/mol. The summed E-state index contributed by atoms with van der Waals surface area (Å²) in [5.74, 6) is 1.28. The summed E-state index contributed by atoms with van der Waals surface area (Å²) in [7, 11) is 4.66. The molecule has 8 nitrogen and oxygen atoms in total. The number of hydrogen-bond donors (Lipinski definition) is 1. The van der Waals surface area contributed by atoms with Gasteiger partial charge >= 0.3 is 0 Å². The van der Waals surface area contributed by atoms with Gasteiger partial charge in [0.25, 0.3) is 5.91 Å². The normalized spacial score (nSPS) is 16.2. The van der Waals surface area contributed by atoms with Crippen LogP contribution in [0.25, 0.3) is 0 Å². The molecule has 1 atom stereocenters. The van der Waals surface area contributed by atoms with E-state index in [1.54, 1.807) is 26.2 Å². The number of fused-ring (bicyclic) bond motifs is 1. The second-order valence-electron chi connectivity index (χ2n) is 9.02. The standard InChI is InChI=1S/C27H35N3O5/c1-33-23-15-20(16-24(34-2)26(23)35-3)22(30-18-19-9-4-5-10-21(19)27(30)32)17-25(31)28-11-8-14-29-12-6-7-13-29/h4-5,9-10,15-16,22H,6-8,11-14,17-18H2,1-3H3,(H,28,31)/t22-/m0/s1. The number of hydrogen-bond acceptors (Lipinski definition) is 6. The number of likely N-dealkylation sites (tertiary alicyclic amines) is 1. The molecule has 4 rings (SSSR count). The van der Waals surface area contributed by atoms with Crippen LogP contribution in [0.4, 0.5) is 0 Å². The van der Waals surface area contributed by atoms with Gasteiger partial charge < -0.3 is 29.3 Å². The minimum Gasteiger partial charge on any atom is -0.493 e. The van der Waals surface area contributed by atoms with E-state index >= 15 is 0 Å². The molecule has 1 N–H and O–H groups in total. The monoisotopic (exact) mass is 481 g/mol. The lowest BCUT2D eigenvalue weighted by molar-refractivity contribution is -0.122. The molecule has 2 aliphatic heterocycles. The highest BCUT2D eigenvalue weighted by Gasteiger charge is 2.35. The molecule has 2 aromatic rings. The highest BCUT2D eigenvalue weighted by atomic mass is 16.5. The molecule has 0 unspecified atom stereocenters. The average Bonchev–Trinajstić information content (AvgIpc) is 3.52. The van der Waals surface area contributed by atoms with Crippen molar-refractivity contribution in [1.29, 1.82) is 0 Å². The Balaban J connectivity index is 1.55. The van der Waals surface area contributed by atoms with Crippen molar-refractivity contribution in [3.63, 3.8) is 0 Å². The third-order valence-electron chi connectivity index (χ3n) is 6.85. The molecule has 0 spiro atoms. The van der Waals surface area contributed by atoms with E-state index in [1.165, 1.54) is 12.8 Å². The number of methoxy groups -OCH3 is 3. The van der Waals surface area contributed by atoms with Crippen molar-refractivity contribution in [3.8, 4) is 17.2 Å². The Kier molecular flexibility index (Phi) is 8.13. The first kappa shape index (κ1) is 24.9. The van der Waals surface area contributed by atoms with Gasteiger partial charge in [0.15, 0.2) is 11.5 Å². The predicted molar refractivity (Wildman–Crippen MR) is 133 cm³/mol. The van der Waals surface area contributed by atoms with Gasteiger partial charge in [-0.2, -0.15) is 0 Å². The maximum absolute atomic E-state index is 13.3. The summed E-state index contributed by atoms with van der Waals surface area (Å²) in [5, 5.41) is 3.06. The van der Waals surface area contributed by atoms with Crippen molar-refractivity contribution in [2.24, 2.45) is 0 Å². The van der Waals surface area contributed by atoms with Crippen LogP contribution >= 0.6 is 0 Å². The number of rotatable bonds is 11. The van der Waals surface area contributed by atoms with Crippen molar-refractivity contribution in [1.82, 2.24) is 15.1 Å². The number of amides is 2. The van der Waals surface area contributed by atoms with E-state index in [0.717, 1.165) is 37.2 Å². The third kappa shape index (κ3) is 5.53. The van der Waals surface area contributed by atoms with Crippen LogP contribution in [-0.4, -0.2) is 69.1 Å². The van der Waals surface area contributed by atoms with Gasteiger partial charge in [-0.25, -0.2) is 0 Å². The van der Waals surface area contributed by atoms with E-state index in [0.29, 0.717) is 35.9 Å². The number of nitrogens with one attached hydrogen (secondary N) is 1. The Labute approximate surface area is 207 Å². The molecule has 188 valence electrons. The maximum atomic E-state index is 13.3. The highest BCUT2D eigenvalue weighted by molar-refractivity contribution is 5.98. The quantitative estimate of drug-likeness (QED) is 0.496. The minimum atomic E-state index is -0.484. The Morgan fingerprint density at radius 3 is 2.34 bits per heavy atom. The number of carbonyl (C=O) groups excluding carboxylic acids is 2. The highest BCUT2D eigenvalue weighted by Crippen LogP contribution is 2.42. The average molecular weight is 482 g/mol. The fraction of sp³-hybridized carbons (Fsp3) is 0.481. The van der Waals surface area contributed by atoms with Gasteiger partial charge in [0.1, 0.15) is 0 Å². The summed E-state index contributed by atoms with van der Waals surface area (Å²) in [6.45, 7) is 4.35. The fourth-order valence-electron chi connectivity index (χ4n) is 5.01. The largest absolute Gasteiger partial charge is 0.493 e. The molecule has 1 saturated heterocycles. The summed E-state index contributed by atoms with van der Waals surface area (Å²) in [6.07, 6.45) is 3.57. The van der Waals surface area contributed by atoms with Crippen LogP contribution in [0.1, 0.15) is 53.2 Å². The van der Waals surface area contributed by atoms with Crippen molar-refractivity contribution in [2.75, 3.05) is 47.5 Å². The second-order valence-corrected chi connectivity index (χ2v) is 9.02. The second kappa shape index (κ2) is 11.4. The van der Waals surface area contributed by atoms with Crippen molar-refractivity contribution < 1.29 is 23.8 Å². The van der Waals surface area contributed by atoms with Gasteiger partial charge in [-0.05, 0) is 68.2 Å². The Morgan fingerprint density at radius 1 is 1.03 bits per heavy atom. The smallest absolute Gasteiger partial charge is 0.255 e. The van der Waals surface area contributed by atoms with E-state index in [9.17, 15) is 9.59 Å².